The van der Waals surface area contributed by atoms with Crippen molar-refractivity contribution in [1.29, 1.82) is 0 Å². The Morgan fingerprint density at radius 2 is 1.90 bits per heavy atom. The highest BCUT2D eigenvalue weighted by atomic mass is 35.5. The molecule has 108 valence electrons. The second kappa shape index (κ2) is 5.28. The summed E-state index contributed by atoms with van der Waals surface area (Å²) in [7, 11) is 0. The summed E-state index contributed by atoms with van der Waals surface area (Å²) in [6.07, 6.45) is 0. The predicted molar refractivity (Wildman–Crippen MR) is 80.3 cm³/mol. The standard InChI is InChI=1S/C15H10Cl2F2N2/c1-8-2-3-10(18)13(4-8)21-14-6-11(19)9(17)5-12(14)20-15(21)7-16/h2-6H,7H2,1H3. The minimum Gasteiger partial charge on any atom is -0.292 e. The Morgan fingerprint density at radius 3 is 2.62 bits per heavy atom. The van der Waals surface area contributed by atoms with Crippen molar-refractivity contribution in [3.05, 3.63) is 58.4 Å². The average molecular weight is 327 g/mol. The molecule has 0 amide bonds. The molecule has 0 bridgehead atoms. The molecule has 0 atom stereocenters. The summed E-state index contributed by atoms with van der Waals surface area (Å²) in [6.45, 7) is 1.85. The lowest BCUT2D eigenvalue weighted by molar-refractivity contribution is 0.616. The summed E-state index contributed by atoms with van der Waals surface area (Å²) < 4.78 is 29.4. The van der Waals surface area contributed by atoms with Crippen LogP contribution in [0.4, 0.5) is 8.78 Å². The van der Waals surface area contributed by atoms with Crippen LogP contribution in [-0.2, 0) is 5.88 Å². The van der Waals surface area contributed by atoms with Crippen molar-refractivity contribution in [1.82, 2.24) is 9.55 Å². The van der Waals surface area contributed by atoms with Gasteiger partial charge in [-0.15, -0.1) is 11.6 Å². The summed E-state index contributed by atoms with van der Waals surface area (Å²) in [4.78, 5) is 4.29. The first-order valence-corrected chi connectivity index (χ1v) is 7.11. The molecule has 3 aromatic rings. The Balaban J connectivity index is 2.40. The maximum Gasteiger partial charge on any atom is 0.147 e. The molecule has 0 saturated carbocycles. The molecule has 21 heavy (non-hydrogen) atoms. The van der Waals surface area contributed by atoms with E-state index >= 15 is 0 Å². The molecule has 0 fully saturated rings. The van der Waals surface area contributed by atoms with Crippen molar-refractivity contribution in [3.63, 3.8) is 0 Å². The Hall–Kier alpha value is -1.65. The topological polar surface area (TPSA) is 17.8 Å². The van der Waals surface area contributed by atoms with E-state index in [2.05, 4.69) is 4.98 Å². The van der Waals surface area contributed by atoms with Gasteiger partial charge >= 0.3 is 0 Å². The summed E-state index contributed by atoms with van der Waals surface area (Å²) in [6, 6.07) is 7.34. The lowest BCUT2D eigenvalue weighted by atomic mass is 10.2. The average Bonchev–Trinajstić information content (AvgIpc) is 2.79. The van der Waals surface area contributed by atoms with E-state index < -0.39 is 11.6 Å². The summed E-state index contributed by atoms with van der Waals surface area (Å²) in [5.74, 6) is -0.514. The van der Waals surface area contributed by atoms with Gasteiger partial charge in [0, 0.05) is 6.07 Å². The molecule has 0 N–H and O–H groups in total. The van der Waals surface area contributed by atoms with Crippen LogP contribution in [0.3, 0.4) is 0 Å². The molecule has 2 aromatic carbocycles. The van der Waals surface area contributed by atoms with Gasteiger partial charge in [0.1, 0.15) is 17.5 Å². The van der Waals surface area contributed by atoms with Crippen LogP contribution in [0.25, 0.3) is 16.7 Å². The van der Waals surface area contributed by atoms with Crippen LogP contribution in [0, 0.1) is 18.6 Å². The van der Waals surface area contributed by atoms with E-state index in [4.69, 9.17) is 23.2 Å². The molecule has 0 saturated heterocycles. The summed E-state index contributed by atoms with van der Waals surface area (Å²) in [5, 5.41) is -0.0296. The van der Waals surface area contributed by atoms with E-state index in [0.717, 1.165) is 5.56 Å². The minimum atomic E-state index is -0.584. The molecule has 2 nitrogen and oxygen atoms in total. The Labute approximate surface area is 129 Å². The molecule has 0 spiro atoms. The van der Waals surface area contributed by atoms with Gasteiger partial charge in [0.05, 0.1) is 27.6 Å². The molecule has 0 unspecified atom stereocenters. The number of hydrogen-bond acceptors (Lipinski definition) is 1. The first kappa shape index (κ1) is 14.3. The predicted octanol–water partition coefficient (Wildman–Crippen LogP) is 5.00. The minimum absolute atomic E-state index is 0.0296. The second-order valence-corrected chi connectivity index (χ2v) is 5.38. The highest BCUT2D eigenvalue weighted by molar-refractivity contribution is 6.31. The van der Waals surface area contributed by atoms with Gasteiger partial charge in [0.2, 0.25) is 0 Å². The lowest BCUT2D eigenvalue weighted by Crippen LogP contribution is -2.02. The maximum atomic E-state index is 14.1. The number of hydrogen-bond donors (Lipinski definition) is 0. The van der Waals surface area contributed by atoms with E-state index in [-0.39, 0.29) is 16.6 Å². The zero-order valence-corrected chi connectivity index (χ0v) is 12.5. The molecule has 1 heterocycles. The number of alkyl halides is 1. The van der Waals surface area contributed by atoms with Gasteiger partial charge < -0.3 is 0 Å². The number of nitrogens with zero attached hydrogens (tertiary/aromatic N) is 2. The van der Waals surface area contributed by atoms with Crippen LogP contribution in [-0.4, -0.2) is 9.55 Å². The summed E-state index contributed by atoms with van der Waals surface area (Å²) >= 11 is 11.7. The SMILES string of the molecule is Cc1ccc(F)c(-n2c(CCl)nc3cc(Cl)c(F)cc32)c1. The van der Waals surface area contributed by atoms with Gasteiger partial charge in [0.25, 0.3) is 0 Å². The largest absolute Gasteiger partial charge is 0.292 e. The number of aromatic nitrogens is 2. The van der Waals surface area contributed by atoms with Gasteiger partial charge in [0.15, 0.2) is 0 Å². The fraction of sp³-hybridized carbons (Fsp3) is 0.133. The zero-order chi connectivity index (χ0) is 15.1. The van der Waals surface area contributed by atoms with Gasteiger partial charge in [-0.25, -0.2) is 13.8 Å². The van der Waals surface area contributed by atoms with Crippen LogP contribution in [0.5, 0.6) is 0 Å². The van der Waals surface area contributed by atoms with Crippen LogP contribution >= 0.6 is 23.2 Å². The van der Waals surface area contributed by atoms with Gasteiger partial charge in [-0.3, -0.25) is 4.57 Å². The molecular formula is C15H10Cl2F2N2. The molecule has 0 aliphatic heterocycles. The number of halogens is 4. The number of rotatable bonds is 2. The van der Waals surface area contributed by atoms with Crippen LogP contribution in [0.2, 0.25) is 5.02 Å². The first-order chi connectivity index (χ1) is 10.0. The van der Waals surface area contributed by atoms with Crippen molar-refractivity contribution in [2.45, 2.75) is 12.8 Å². The maximum absolute atomic E-state index is 14.1. The quantitative estimate of drug-likeness (QED) is 0.605. The molecule has 1 aromatic heterocycles. The monoisotopic (exact) mass is 326 g/mol. The molecule has 0 aliphatic carbocycles. The zero-order valence-electron chi connectivity index (χ0n) is 11.0. The van der Waals surface area contributed by atoms with Crippen molar-refractivity contribution in [3.8, 4) is 5.69 Å². The number of imidazole rings is 1. The normalized spacial score (nSPS) is 11.3. The Morgan fingerprint density at radius 1 is 1.14 bits per heavy atom. The van der Waals surface area contributed by atoms with Crippen LogP contribution < -0.4 is 0 Å². The van der Waals surface area contributed by atoms with Gasteiger partial charge in [-0.1, -0.05) is 17.7 Å². The smallest absolute Gasteiger partial charge is 0.147 e. The molecule has 6 heteroatoms. The van der Waals surface area contributed by atoms with Crippen LogP contribution in [0.15, 0.2) is 30.3 Å². The molecule has 0 radical (unpaired) electrons. The fourth-order valence-corrected chi connectivity index (χ4v) is 2.61. The van der Waals surface area contributed by atoms with E-state index in [1.165, 1.54) is 22.8 Å². The van der Waals surface area contributed by atoms with Crippen LogP contribution in [0.1, 0.15) is 11.4 Å². The van der Waals surface area contributed by atoms with E-state index in [1.807, 2.05) is 6.92 Å². The van der Waals surface area contributed by atoms with Crippen molar-refractivity contribution in [2.75, 3.05) is 0 Å². The fourth-order valence-electron chi connectivity index (χ4n) is 2.28. The van der Waals surface area contributed by atoms with E-state index in [0.29, 0.717) is 16.9 Å². The number of fused-ring (bicyclic) bond motifs is 1. The lowest BCUT2D eigenvalue weighted by Gasteiger charge is -2.10. The second-order valence-electron chi connectivity index (χ2n) is 4.71. The molecule has 3 rings (SSSR count). The van der Waals surface area contributed by atoms with Crippen molar-refractivity contribution < 1.29 is 8.78 Å². The Kier molecular flexibility index (Phi) is 3.59. The Bertz CT molecular complexity index is 843. The summed E-state index contributed by atoms with van der Waals surface area (Å²) in [5.41, 5.74) is 2.06. The van der Waals surface area contributed by atoms with Gasteiger partial charge in [-0.2, -0.15) is 0 Å². The molecule has 0 aliphatic rings. The highest BCUT2D eigenvalue weighted by Gasteiger charge is 2.17. The third-order valence-electron chi connectivity index (χ3n) is 3.23. The first-order valence-electron chi connectivity index (χ1n) is 6.20. The third-order valence-corrected chi connectivity index (χ3v) is 3.76. The van der Waals surface area contributed by atoms with Crippen molar-refractivity contribution >= 4 is 34.2 Å². The third kappa shape index (κ3) is 2.39. The highest BCUT2D eigenvalue weighted by Crippen LogP contribution is 2.28. The van der Waals surface area contributed by atoms with E-state index in [9.17, 15) is 8.78 Å². The molecular weight excluding hydrogens is 317 g/mol. The van der Waals surface area contributed by atoms with E-state index in [1.54, 1.807) is 12.1 Å². The number of benzene rings is 2. The van der Waals surface area contributed by atoms with Gasteiger partial charge in [-0.05, 0) is 30.7 Å². The number of aryl methyl sites for hydroxylation is 1. The van der Waals surface area contributed by atoms with Crippen molar-refractivity contribution in [2.24, 2.45) is 0 Å².